The molecule has 1 N–H and O–H groups in total. The van der Waals surface area contributed by atoms with Gasteiger partial charge in [0.15, 0.2) is 6.61 Å². The van der Waals surface area contributed by atoms with Crippen molar-refractivity contribution in [3.05, 3.63) is 95.0 Å². The minimum atomic E-state index is -0.702. The number of rotatable bonds is 13. The molecule has 0 bridgehead atoms. The molecule has 190 valence electrons. The SMILES string of the molecule is CCCCNC(=O)[C@@H](Cc1ccccc1)N(Cc1ccc(Cl)cc1)C(=O)COc1ccc(OC)cc1. The molecule has 36 heavy (non-hydrogen) atoms. The number of ether oxygens (including phenoxy) is 2. The lowest BCUT2D eigenvalue weighted by atomic mass is 10.0. The van der Waals surface area contributed by atoms with Gasteiger partial charge in [0, 0.05) is 24.5 Å². The molecule has 0 aromatic heterocycles. The summed E-state index contributed by atoms with van der Waals surface area (Å²) in [6.45, 7) is 2.68. The lowest BCUT2D eigenvalue weighted by Crippen LogP contribution is -2.51. The van der Waals surface area contributed by atoms with E-state index in [4.69, 9.17) is 21.1 Å². The minimum Gasteiger partial charge on any atom is -0.497 e. The number of methoxy groups -OCH3 is 1. The molecule has 0 spiro atoms. The van der Waals surface area contributed by atoms with E-state index in [1.807, 2.05) is 42.5 Å². The molecule has 0 radical (unpaired) electrons. The zero-order chi connectivity index (χ0) is 25.8. The Kier molecular flexibility index (Phi) is 10.6. The maximum absolute atomic E-state index is 13.5. The van der Waals surface area contributed by atoms with Crippen molar-refractivity contribution >= 4 is 23.4 Å². The molecule has 0 heterocycles. The Bertz CT molecular complexity index is 1090. The van der Waals surface area contributed by atoms with Crippen molar-refractivity contribution in [3.8, 4) is 11.5 Å². The summed E-state index contributed by atoms with van der Waals surface area (Å²) in [4.78, 5) is 28.5. The molecule has 0 unspecified atom stereocenters. The third-order valence-corrected chi connectivity index (χ3v) is 6.04. The van der Waals surface area contributed by atoms with Crippen molar-refractivity contribution in [3.63, 3.8) is 0 Å². The molecule has 3 aromatic carbocycles. The van der Waals surface area contributed by atoms with Gasteiger partial charge in [0.2, 0.25) is 5.91 Å². The standard InChI is InChI=1S/C29H33ClN2O4/c1-3-4-18-31-29(34)27(19-22-8-6-5-7-9-22)32(20-23-10-12-24(30)13-11-23)28(33)21-36-26-16-14-25(35-2)15-17-26/h5-17,27H,3-4,18-21H2,1-2H3,(H,31,34)/t27-/m1/s1. The number of benzene rings is 3. The number of carbonyl (C=O) groups excluding carboxylic acids is 2. The molecule has 0 saturated carbocycles. The first-order chi connectivity index (χ1) is 17.5. The molecular weight excluding hydrogens is 476 g/mol. The van der Waals surface area contributed by atoms with Crippen molar-refractivity contribution in [1.29, 1.82) is 0 Å². The van der Waals surface area contributed by atoms with Crippen LogP contribution in [-0.4, -0.2) is 43.0 Å². The van der Waals surface area contributed by atoms with Gasteiger partial charge in [-0.1, -0.05) is 67.4 Å². The second-order valence-corrected chi connectivity index (χ2v) is 8.90. The summed E-state index contributed by atoms with van der Waals surface area (Å²) >= 11 is 6.07. The third-order valence-electron chi connectivity index (χ3n) is 5.79. The van der Waals surface area contributed by atoms with Crippen molar-refractivity contribution in [2.45, 2.75) is 38.8 Å². The third kappa shape index (κ3) is 8.31. The van der Waals surface area contributed by atoms with Crippen LogP contribution in [0.15, 0.2) is 78.9 Å². The summed E-state index contributed by atoms with van der Waals surface area (Å²) in [7, 11) is 1.59. The summed E-state index contributed by atoms with van der Waals surface area (Å²) in [5.74, 6) is 0.777. The Labute approximate surface area is 218 Å². The van der Waals surface area contributed by atoms with Gasteiger partial charge >= 0.3 is 0 Å². The predicted octanol–water partition coefficient (Wildman–Crippen LogP) is 5.28. The molecule has 1 atom stereocenters. The second kappa shape index (κ2) is 14.1. The molecule has 0 aliphatic heterocycles. The lowest BCUT2D eigenvalue weighted by molar-refractivity contribution is -0.142. The highest BCUT2D eigenvalue weighted by atomic mass is 35.5. The van der Waals surface area contributed by atoms with E-state index in [-0.39, 0.29) is 25.0 Å². The Morgan fingerprint density at radius 3 is 2.22 bits per heavy atom. The van der Waals surface area contributed by atoms with Crippen LogP contribution in [0.3, 0.4) is 0 Å². The molecule has 0 aliphatic rings. The van der Waals surface area contributed by atoms with E-state index in [1.54, 1.807) is 48.4 Å². The first kappa shape index (κ1) is 27.1. The fourth-order valence-corrected chi connectivity index (χ4v) is 3.87. The zero-order valence-electron chi connectivity index (χ0n) is 20.8. The predicted molar refractivity (Wildman–Crippen MR) is 142 cm³/mol. The Morgan fingerprint density at radius 1 is 0.917 bits per heavy atom. The highest BCUT2D eigenvalue weighted by molar-refractivity contribution is 6.30. The molecule has 3 aromatic rings. The number of nitrogens with zero attached hydrogens (tertiary/aromatic N) is 1. The molecule has 0 saturated heterocycles. The van der Waals surface area contributed by atoms with E-state index < -0.39 is 6.04 Å². The van der Waals surface area contributed by atoms with Crippen LogP contribution in [0, 0.1) is 0 Å². The van der Waals surface area contributed by atoms with Crippen LogP contribution in [0.2, 0.25) is 5.02 Å². The monoisotopic (exact) mass is 508 g/mol. The topological polar surface area (TPSA) is 67.9 Å². The maximum Gasteiger partial charge on any atom is 0.261 e. The Hall–Kier alpha value is -3.51. The summed E-state index contributed by atoms with van der Waals surface area (Å²) in [5, 5.41) is 3.62. The number of nitrogens with one attached hydrogen (secondary N) is 1. The lowest BCUT2D eigenvalue weighted by Gasteiger charge is -2.31. The largest absolute Gasteiger partial charge is 0.497 e. The number of hydrogen-bond donors (Lipinski definition) is 1. The molecule has 3 rings (SSSR count). The van der Waals surface area contributed by atoms with Crippen molar-refractivity contribution in [2.24, 2.45) is 0 Å². The molecule has 0 aliphatic carbocycles. The molecular formula is C29H33ClN2O4. The van der Waals surface area contributed by atoms with Crippen molar-refractivity contribution in [2.75, 3.05) is 20.3 Å². The van der Waals surface area contributed by atoms with E-state index in [0.717, 1.165) is 24.0 Å². The highest BCUT2D eigenvalue weighted by Gasteiger charge is 2.30. The van der Waals surface area contributed by atoms with Gasteiger partial charge in [0.1, 0.15) is 17.5 Å². The van der Waals surface area contributed by atoms with Crippen LogP contribution in [0.5, 0.6) is 11.5 Å². The van der Waals surface area contributed by atoms with Crippen LogP contribution in [-0.2, 0) is 22.6 Å². The average molecular weight is 509 g/mol. The van der Waals surface area contributed by atoms with Crippen molar-refractivity contribution in [1.82, 2.24) is 10.2 Å². The number of carbonyl (C=O) groups is 2. The van der Waals surface area contributed by atoms with Crippen LogP contribution >= 0.6 is 11.6 Å². The second-order valence-electron chi connectivity index (χ2n) is 8.46. The van der Waals surface area contributed by atoms with E-state index >= 15 is 0 Å². The summed E-state index contributed by atoms with van der Waals surface area (Å²) in [5.41, 5.74) is 1.84. The summed E-state index contributed by atoms with van der Waals surface area (Å²) < 4.78 is 11.0. The fourth-order valence-electron chi connectivity index (χ4n) is 3.75. The van der Waals surface area contributed by atoms with Gasteiger partial charge in [-0.3, -0.25) is 9.59 Å². The number of hydrogen-bond acceptors (Lipinski definition) is 4. The Balaban J connectivity index is 1.85. The van der Waals surface area contributed by atoms with Crippen LogP contribution in [0.4, 0.5) is 0 Å². The zero-order valence-corrected chi connectivity index (χ0v) is 21.5. The minimum absolute atomic E-state index is 0.181. The fraction of sp³-hybridized carbons (Fsp3) is 0.310. The van der Waals surface area contributed by atoms with Crippen molar-refractivity contribution < 1.29 is 19.1 Å². The average Bonchev–Trinajstić information content (AvgIpc) is 2.91. The highest BCUT2D eigenvalue weighted by Crippen LogP contribution is 2.19. The van der Waals surface area contributed by atoms with E-state index in [9.17, 15) is 9.59 Å². The van der Waals surface area contributed by atoms with E-state index in [0.29, 0.717) is 29.5 Å². The van der Waals surface area contributed by atoms with Crippen LogP contribution in [0.1, 0.15) is 30.9 Å². The summed E-state index contributed by atoms with van der Waals surface area (Å²) in [6, 6.07) is 23.3. The first-order valence-corrected chi connectivity index (χ1v) is 12.5. The smallest absolute Gasteiger partial charge is 0.261 e. The first-order valence-electron chi connectivity index (χ1n) is 12.1. The van der Waals surface area contributed by atoms with E-state index in [2.05, 4.69) is 12.2 Å². The Morgan fingerprint density at radius 2 is 1.58 bits per heavy atom. The van der Waals surface area contributed by atoms with Gasteiger partial charge < -0.3 is 19.7 Å². The van der Waals surface area contributed by atoms with Gasteiger partial charge in [0.05, 0.1) is 7.11 Å². The maximum atomic E-state index is 13.5. The molecule has 6 nitrogen and oxygen atoms in total. The van der Waals surface area contributed by atoms with Gasteiger partial charge in [-0.25, -0.2) is 0 Å². The number of halogens is 1. The number of amides is 2. The van der Waals surface area contributed by atoms with Gasteiger partial charge in [-0.05, 0) is 53.9 Å². The normalized spacial score (nSPS) is 11.4. The molecule has 7 heteroatoms. The van der Waals surface area contributed by atoms with E-state index in [1.165, 1.54) is 0 Å². The number of unbranched alkanes of at least 4 members (excludes halogenated alkanes) is 1. The van der Waals surface area contributed by atoms with Crippen LogP contribution in [0.25, 0.3) is 0 Å². The molecule has 2 amide bonds. The van der Waals surface area contributed by atoms with Gasteiger partial charge in [-0.15, -0.1) is 0 Å². The van der Waals surface area contributed by atoms with Crippen LogP contribution < -0.4 is 14.8 Å². The van der Waals surface area contributed by atoms with Gasteiger partial charge in [0.25, 0.3) is 5.91 Å². The summed E-state index contributed by atoms with van der Waals surface area (Å²) in [6.07, 6.45) is 2.23. The molecule has 0 fully saturated rings. The quantitative estimate of drug-likeness (QED) is 0.319. The van der Waals surface area contributed by atoms with Gasteiger partial charge in [-0.2, -0.15) is 0 Å².